The van der Waals surface area contributed by atoms with Gasteiger partial charge in [0.15, 0.2) is 17.5 Å². The van der Waals surface area contributed by atoms with Gasteiger partial charge in [0.25, 0.3) is 0 Å². The van der Waals surface area contributed by atoms with Crippen LogP contribution in [-0.2, 0) is 17.0 Å². The van der Waals surface area contributed by atoms with E-state index in [9.17, 15) is 13.2 Å². The van der Waals surface area contributed by atoms with E-state index in [0.717, 1.165) is 39.0 Å². The Labute approximate surface area is 319 Å². The molecule has 55 heavy (non-hydrogen) atoms. The monoisotopic (exact) mass is 730 g/mol. The molecule has 8 aromatic rings. The summed E-state index contributed by atoms with van der Waals surface area (Å²) >= 11 is 0. The summed E-state index contributed by atoms with van der Waals surface area (Å²) in [6, 6.07) is 44.0. The Bertz CT molecular complexity index is 2570. The van der Waals surface area contributed by atoms with Crippen LogP contribution in [-0.4, -0.2) is 19.5 Å². The van der Waals surface area contributed by atoms with E-state index >= 15 is 0 Å². The van der Waals surface area contributed by atoms with Gasteiger partial charge >= 0.3 is 6.18 Å². The number of rotatable bonds is 5. The first-order valence-corrected chi connectivity index (χ1v) is 18.4. The second kappa shape index (κ2) is 13.3. The molecule has 0 spiro atoms. The molecule has 0 aliphatic heterocycles. The molecule has 7 heteroatoms. The van der Waals surface area contributed by atoms with Crippen LogP contribution in [0.25, 0.3) is 72.8 Å². The van der Waals surface area contributed by atoms with Gasteiger partial charge in [-0.25, -0.2) is 15.0 Å². The van der Waals surface area contributed by atoms with Gasteiger partial charge in [0.2, 0.25) is 0 Å². The third kappa shape index (κ3) is 6.91. The van der Waals surface area contributed by atoms with E-state index in [1.807, 2.05) is 78.9 Å². The standard InChI is InChI=1S/C48H41F3N4/c1-46(2,3)34-21-24-40-38(28-34)39-29-35(47(4,5)6)22-25-41(39)55(40)42-27-33(20-23-37(42)32-18-13-19-36(26-32)48(49,50)51)45-53-43(30-14-9-7-10-15-30)52-44(54-45)31-16-11-8-12-17-31/h7-29H,1-6H3. The summed E-state index contributed by atoms with van der Waals surface area (Å²) in [5, 5.41) is 2.15. The SMILES string of the molecule is CC(C)(C)c1ccc2c(c1)c1cc(C(C)(C)C)ccc1n2-c1cc(-c2nc(-c3ccccc3)nc(-c3ccccc3)n2)ccc1-c1cccc(C(F)(F)F)c1. The lowest BCUT2D eigenvalue weighted by molar-refractivity contribution is -0.137. The minimum atomic E-state index is -4.50. The second-order valence-electron chi connectivity index (χ2n) is 16.1. The van der Waals surface area contributed by atoms with E-state index < -0.39 is 11.7 Å². The van der Waals surface area contributed by atoms with Crippen molar-refractivity contribution in [3.05, 3.63) is 156 Å². The van der Waals surface area contributed by atoms with Crippen LogP contribution in [0.15, 0.2) is 140 Å². The number of alkyl halides is 3. The first kappa shape index (κ1) is 35.9. The zero-order valence-electron chi connectivity index (χ0n) is 31.7. The van der Waals surface area contributed by atoms with Gasteiger partial charge in [-0.15, -0.1) is 0 Å². The molecule has 0 amide bonds. The highest BCUT2D eigenvalue weighted by Crippen LogP contribution is 2.42. The molecular weight excluding hydrogens is 690 g/mol. The molecular formula is C48H41F3N4. The highest BCUT2D eigenvalue weighted by Gasteiger charge is 2.31. The van der Waals surface area contributed by atoms with Gasteiger partial charge in [0, 0.05) is 33.0 Å². The fraction of sp³-hybridized carbons (Fsp3) is 0.188. The van der Waals surface area contributed by atoms with Gasteiger partial charge in [-0.1, -0.05) is 139 Å². The first-order chi connectivity index (χ1) is 26.1. The normalized spacial score (nSPS) is 12.5. The molecule has 0 atom stereocenters. The van der Waals surface area contributed by atoms with Gasteiger partial charge in [-0.3, -0.25) is 0 Å². The van der Waals surface area contributed by atoms with Gasteiger partial charge in [-0.2, -0.15) is 13.2 Å². The van der Waals surface area contributed by atoms with E-state index in [-0.39, 0.29) is 10.8 Å². The van der Waals surface area contributed by atoms with Gasteiger partial charge in [0.1, 0.15) is 0 Å². The summed E-state index contributed by atoms with van der Waals surface area (Å²) in [5.41, 5.74) is 7.59. The number of fused-ring (bicyclic) bond motifs is 3. The van der Waals surface area contributed by atoms with Crippen LogP contribution in [0, 0.1) is 0 Å². The Morgan fingerprint density at radius 1 is 0.418 bits per heavy atom. The Balaban J connectivity index is 1.45. The quantitative estimate of drug-likeness (QED) is 0.177. The number of nitrogens with zero attached hydrogens (tertiary/aromatic N) is 4. The highest BCUT2D eigenvalue weighted by atomic mass is 19.4. The summed E-state index contributed by atoms with van der Waals surface area (Å²) in [7, 11) is 0. The molecule has 0 unspecified atom stereocenters. The van der Waals surface area contributed by atoms with E-state index in [4.69, 9.17) is 15.0 Å². The third-order valence-electron chi connectivity index (χ3n) is 10.2. The highest BCUT2D eigenvalue weighted by molar-refractivity contribution is 6.10. The largest absolute Gasteiger partial charge is 0.416 e. The smallest absolute Gasteiger partial charge is 0.309 e. The van der Waals surface area contributed by atoms with Crippen LogP contribution in [0.1, 0.15) is 58.2 Å². The predicted octanol–water partition coefficient (Wildman–Crippen LogP) is 13.3. The first-order valence-electron chi connectivity index (χ1n) is 18.4. The zero-order valence-corrected chi connectivity index (χ0v) is 31.7. The van der Waals surface area contributed by atoms with E-state index in [1.165, 1.54) is 23.3 Å². The Hall–Kier alpha value is -6.08. The average molecular weight is 731 g/mol. The van der Waals surface area contributed by atoms with E-state index in [1.54, 1.807) is 6.07 Å². The zero-order chi connectivity index (χ0) is 38.7. The van der Waals surface area contributed by atoms with Crippen molar-refractivity contribution in [2.75, 3.05) is 0 Å². The van der Waals surface area contributed by atoms with Gasteiger partial charge in [0.05, 0.1) is 22.3 Å². The number of hydrogen-bond donors (Lipinski definition) is 0. The fourth-order valence-electron chi connectivity index (χ4n) is 7.12. The molecule has 8 rings (SSSR count). The molecule has 0 aliphatic rings. The van der Waals surface area contributed by atoms with Crippen LogP contribution in [0.3, 0.4) is 0 Å². The van der Waals surface area contributed by atoms with Crippen molar-refractivity contribution in [3.63, 3.8) is 0 Å². The number of aromatic nitrogens is 4. The van der Waals surface area contributed by atoms with Gasteiger partial charge in [-0.05, 0) is 70.0 Å². The van der Waals surface area contributed by atoms with E-state index in [2.05, 4.69) is 82.5 Å². The molecule has 0 bridgehead atoms. The van der Waals surface area contributed by atoms with Crippen molar-refractivity contribution >= 4 is 21.8 Å². The molecule has 6 aromatic carbocycles. The van der Waals surface area contributed by atoms with Crippen LogP contribution < -0.4 is 0 Å². The minimum absolute atomic E-state index is 0.0982. The predicted molar refractivity (Wildman–Crippen MR) is 218 cm³/mol. The lowest BCUT2D eigenvalue weighted by Gasteiger charge is -2.20. The van der Waals surface area contributed by atoms with Crippen molar-refractivity contribution in [2.24, 2.45) is 0 Å². The maximum atomic E-state index is 14.2. The molecule has 0 aliphatic carbocycles. The third-order valence-corrected chi connectivity index (χ3v) is 10.2. The maximum absolute atomic E-state index is 14.2. The second-order valence-corrected chi connectivity index (χ2v) is 16.1. The van der Waals surface area contributed by atoms with Crippen LogP contribution >= 0.6 is 0 Å². The molecule has 0 fully saturated rings. The molecule has 0 N–H and O–H groups in total. The van der Waals surface area contributed by atoms with Crippen LogP contribution in [0.4, 0.5) is 13.2 Å². The van der Waals surface area contributed by atoms with Crippen molar-refractivity contribution in [1.82, 2.24) is 19.5 Å². The lowest BCUT2D eigenvalue weighted by atomic mass is 9.85. The molecule has 0 radical (unpaired) electrons. The van der Waals surface area contributed by atoms with Crippen molar-refractivity contribution in [2.45, 2.75) is 58.5 Å². The van der Waals surface area contributed by atoms with Crippen molar-refractivity contribution < 1.29 is 13.2 Å². The lowest BCUT2D eigenvalue weighted by Crippen LogP contribution is -2.10. The van der Waals surface area contributed by atoms with Gasteiger partial charge < -0.3 is 4.57 Å². The number of halogens is 3. The summed E-state index contributed by atoms with van der Waals surface area (Å²) in [5.74, 6) is 1.50. The topological polar surface area (TPSA) is 43.6 Å². The molecule has 0 saturated carbocycles. The average Bonchev–Trinajstić information content (AvgIpc) is 3.50. The molecule has 274 valence electrons. The Kier molecular flexibility index (Phi) is 8.71. The molecule has 4 nitrogen and oxygen atoms in total. The summed E-state index contributed by atoms with van der Waals surface area (Å²) < 4.78 is 44.6. The van der Waals surface area contributed by atoms with Crippen LogP contribution in [0.5, 0.6) is 0 Å². The Morgan fingerprint density at radius 2 is 0.891 bits per heavy atom. The minimum Gasteiger partial charge on any atom is -0.309 e. The van der Waals surface area contributed by atoms with Crippen molar-refractivity contribution in [1.29, 1.82) is 0 Å². The molecule has 2 aromatic heterocycles. The van der Waals surface area contributed by atoms with Crippen molar-refractivity contribution in [3.8, 4) is 51.0 Å². The number of benzene rings is 6. The fourth-order valence-corrected chi connectivity index (χ4v) is 7.12. The van der Waals surface area contributed by atoms with E-state index in [0.29, 0.717) is 39.9 Å². The molecule has 2 heterocycles. The summed E-state index contributed by atoms with van der Waals surface area (Å²) in [6.07, 6.45) is -4.50. The summed E-state index contributed by atoms with van der Waals surface area (Å²) in [4.78, 5) is 14.9. The van der Waals surface area contributed by atoms with Crippen LogP contribution in [0.2, 0.25) is 0 Å². The summed E-state index contributed by atoms with van der Waals surface area (Å²) in [6.45, 7) is 13.2. The Morgan fingerprint density at radius 3 is 1.36 bits per heavy atom. The maximum Gasteiger partial charge on any atom is 0.416 e. The number of hydrogen-bond acceptors (Lipinski definition) is 3. The molecule has 0 saturated heterocycles.